The van der Waals surface area contributed by atoms with Gasteiger partial charge in [-0.2, -0.15) is 0 Å². The molecule has 1 aromatic rings. The first-order valence-corrected chi connectivity index (χ1v) is 7.68. The number of rotatable bonds is 5. The van der Waals surface area contributed by atoms with Gasteiger partial charge in [0.05, 0.1) is 0 Å². The lowest BCUT2D eigenvalue weighted by molar-refractivity contribution is 0.225. The van der Waals surface area contributed by atoms with E-state index in [-0.39, 0.29) is 0 Å². The molecule has 19 heavy (non-hydrogen) atoms. The summed E-state index contributed by atoms with van der Waals surface area (Å²) in [6.07, 6.45) is 3.63. The molecule has 2 heteroatoms. The molecule has 1 aliphatic rings. The number of nitrogens with two attached hydrogens (primary N) is 1. The van der Waals surface area contributed by atoms with Gasteiger partial charge in [-0.3, -0.25) is 0 Å². The Morgan fingerprint density at radius 3 is 2.16 bits per heavy atom. The Kier molecular flexibility index (Phi) is 5.41. The van der Waals surface area contributed by atoms with E-state index < -0.39 is 0 Å². The van der Waals surface area contributed by atoms with Crippen molar-refractivity contribution in [3.8, 4) is 0 Å². The van der Waals surface area contributed by atoms with Gasteiger partial charge >= 0.3 is 0 Å². The number of hydrogen-bond donors (Lipinski definition) is 1. The summed E-state index contributed by atoms with van der Waals surface area (Å²) >= 11 is 0. The van der Waals surface area contributed by atoms with Crippen LogP contribution in [0.5, 0.6) is 0 Å². The van der Waals surface area contributed by atoms with Crippen LogP contribution >= 0.6 is 0 Å². The van der Waals surface area contributed by atoms with Crippen molar-refractivity contribution in [2.45, 2.75) is 33.1 Å². The smallest absolute Gasteiger partial charge is 0.00222 e. The van der Waals surface area contributed by atoms with Gasteiger partial charge in [0.25, 0.3) is 0 Å². The van der Waals surface area contributed by atoms with Crippen molar-refractivity contribution in [2.24, 2.45) is 17.6 Å². The van der Waals surface area contributed by atoms with Crippen molar-refractivity contribution in [1.29, 1.82) is 0 Å². The first-order chi connectivity index (χ1) is 9.19. The molecule has 0 spiro atoms. The number of fused-ring (bicyclic) bond motifs is 1. The monoisotopic (exact) mass is 260 g/mol. The van der Waals surface area contributed by atoms with E-state index >= 15 is 0 Å². The molecular formula is C17H28N2. The van der Waals surface area contributed by atoms with Crippen molar-refractivity contribution < 1.29 is 0 Å². The van der Waals surface area contributed by atoms with Gasteiger partial charge in [-0.25, -0.2) is 0 Å². The van der Waals surface area contributed by atoms with Crippen molar-refractivity contribution in [2.75, 3.05) is 26.2 Å². The molecule has 2 rings (SSSR count). The average molecular weight is 260 g/mol. The van der Waals surface area contributed by atoms with E-state index in [0.717, 1.165) is 12.5 Å². The first kappa shape index (κ1) is 14.5. The van der Waals surface area contributed by atoms with Crippen LogP contribution in [0.3, 0.4) is 0 Å². The van der Waals surface area contributed by atoms with Crippen LogP contribution < -0.4 is 5.73 Å². The van der Waals surface area contributed by atoms with Crippen molar-refractivity contribution in [3.05, 3.63) is 35.4 Å². The topological polar surface area (TPSA) is 29.3 Å². The molecule has 0 amide bonds. The van der Waals surface area contributed by atoms with E-state index in [9.17, 15) is 0 Å². The maximum absolute atomic E-state index is 5.93. The van der Waals surface area contributed by atoms with Crippen molar-refractivity contribution in [3.63, 3.8) is 0 Å². The van der Waals surface area contributed by atoms with Crippen LogP contribution in [0.2, 0.25) is 0 Å². The van der Waals surface area contributed by atoms with Crippen LogP contribution in [0, 0.1) is 11.8 Å². The Balaban J connectivity index is 1.90. The van der Waals surface area contributed by atoms with Crippen molar-refractivity contribution >= 4 is 0 Å². The highest BCUT2D eigenvalue weighted by Crippen LogP contribution is 2.18. The first-order valence-electron chi connectivity index (χ1n) is 7.68. The van der Waals surface area contributed by atoms with Crippen molar-refractivity contribution in [1.82, 2.24) is 4.90 Å². The van der Waals surface area contributed by atoms with Gasteiger partial charge in [-0.05, 0) is 48.8 Å². The molecule has 0 saturated carbocycles. The second-order valence-electron chi connectivity index (χ2n) is 6.30. The van der Waals surface area contributed by atoms with Gasteiger partial charge in [-0.15, -0.1) is 0 Å². The SMILES string of the molecule is CC(C)CC(CN)CN1CCc2ccccc2CC1. The quantitative estimate of drug-likeness (QED) is 0.882. The Morgan fingerprint density at radius 2 is 1.68 bits per heavy atom. The fourth-order valence-electron chi connectivity index (χ4n) is 3.17. The number of hydrogen-bond acceptors (Lipinski definition) is 2. The molecule has 1 atom stereocenters. The van der Waals surface area contributed by atoms with Crippen LogP contribution in [-0.2, 0) is 12.8 Å². The van der Waals surface area contributed by atoms with Gasteiger partial charge in [0, 0.05) is 19.6 Å². The third kappa shape index (κ3) is 4.32. The normalized spacial score (nSPS) is 18.1. The van der Waals surface area contributed by atoms with Crippen LogP contribution in [0.4, 0.5) is 0 Å². The zero-order valence-corrected chi connectivity index (χ0v) is 12.4. The Labute approximate surface area is 118 Å². The number of nitrogens with zero attached hydrogens (tertiary/aromatic N) is 1. The summed E-state index contributed by atoms with van der Waals surface area (Å²) in [5.74, 6) is 1.40. The molecular weight excluding hydrogens is 232 g/mol. The average Bonchev–Trinajstić information content (AvgIpc) is 2.60. The lowest BCUT2D eigenvalue weighted by Crippen LogP contribution is -2.35. The fourth-order valence-corrected chi connectivity index (χ4v) is 3.17. The lowest BCUT2D eigenvalue weighted by atomic mass is 9.96. The third-order valence-electron chi connectivity index (χ3n) is 4.17. The van der Waals surface area contributed by atoms with E-state index in [1.54, 1.807) is 0 Å². The maximum Gasteiger partial charge on any atom is 0.00222 e. The zero-order valence-electron chi connectivity index (χ0n) is 12.4. The molecule has 2 nitrogen and oxygen atoms in total. The van der Waals surface area contributed by atoms with E-state index in [1.807, 2.05) is 0 Å². The predicted octanol–water partition coefficient (Wildman–Crippen LogP) is 2.71. The maximum atomic E-state index is 5.93. The van der Waals surface area contributed by atoms with Crippen LogP contribution in [0.25, 0.3) is 0 Å². The largest absolute Gasteiger partial charge is 0.330 e. The Hall–Kier alpha value is -0.860. The standard InChI is InChI=1S/C17H28N2/c1-14(2)11-15(12-18)13-19-9-7-16-5-3-4-6-17(16)8-10-19/h3-6,14-15H,7-13,18H2,1-2H3. The molecule has 2 N–H and O–H groups in total. The molecule has 0 saturated heterocycles. The minimum atomic E-state index is 0.654. The van der Waals surface area contributed by atoms with Gasteiger partial charge in [0.2, 0.25) is 0 Å². The summed E-state index contributed by atoms with van der Waals surface area (Å²) in [4.78, 5) is 2.61. The summed E-state index contributed by atoms with van der Waals surface area (Å²) in [5, 5.41) is 0. The molecule has 0 bridgehead atoms. The van der Waals surface area contributed by atoms with Gasteiger partial charge in [0.15, 0.2) is 0 Å². The van der Waals surface area contributed by atoms with Crippen LogP contribution in [0.1, 0.15) is 31.4 Å². The number of benzene rings is 1. The summed E-state index contributed by atoms with van der Waals surface area (Å²) < 4.78 is 0. The van der Waals surface area contributed by atoms with E-state index in [0.29, 0.717) is 5.92 Å². The van der Waals surface area contributed by atoms with Crippen LogP contribution in [0.15, 0.2) is 24.3 Å². The highest BCUT2D eigenvalue weighted by atomic mass is 15.1. The van der Waals surface area contributed by atoms with Gasteiger partial charge < -0.3 is 10.6 Å². The Morgan fingerprint density at radius 1 is 1.11 bits per heavy atom. The molecule has 0 radical (unpaired) electrons. The molecule has 1 unspecified atom stereocenters. The fraction of sp³-hybridized carbons (Fsp3) is 0.647. The molecule has 1 aromatic carbocycles. The zero-order chi connectivity index (χ0) is 13.7. The predicted molar refractivity (Wildman–Crippen MR) is 82.3 cm³/mol. The minimum Gasteiger partial charge on any atom is -0.330 e. The van der Waals surface area contributed by atoms with E-state index in [1.165, 1.54) is 50.0 Å². The molecule has 1 heterocycles. The minimum absolute atomic E-state index is 0.654. The molecule has 0 fully saturated rings. The van der Waals surface area contributed by atoms with Crippen LogP contribution in [-0.4, -0.2) is 31.1 Å². The van der Waals surface area contributed by atoms with Gasteiger partial charge in [-0.1, -0.05) is 38.1 Å². The molecule has 0 aromatic heterocycles. The summed E-state index contributed by atoms with van der Waals surface area (Å²) in [5.41, 5.74) is 9.01. The van der Waals surface area contributed by atoms with E-state index in [2.05, 4.69) is 43.0 Å². The second kappa shape index (κ2) is 7.06. The highest BCUT2D eigenvalue weighted by molar-refractivity contribution is 5.28. The second-order valence-corrected chi connectivity index (χ2v) is 6.30. The molecule has 0 aliphatic carbocycles. The lowest BCUT2D eigenvalue weighted by Gasteiger charge is -2.26. The molecule has 1 aliphatic heterocycles. The summed E-state index contributed by atoms with van der Waals surface area (Å²) in [6, 6.07) is 8.90. The third-order valence-corrected chi connectivity index (χ3v) is 4.17. The van der Waals surface area contributed by atoms with Gasteiger partial charge in [0.1, 0.15) is 0 Å². The van der Waals surface area contributed by atoms with E-state index in [4.69, 9.17) is 5.73 Å². The molecule has 106 valence electrons. The Bertz CT molecular complexity index is 360. The highest BCUT2D eigenvalue weighted by Gasteiger charge is 2.17. The summed E-state index contributed by atoms with van der Waals surface area (Å²) in [6.45, 7) is 8.95. The summed E-state index contributed by atoms with van der Waals surface area (Å²) in [7, 11) is 0.